The van der Waals surface area contributed by atoms with Crippen molar-refractivity contribution in [3.8, 4) is 0 Å². The molecule has 30 heavy (non-hydrogen) atoms. The first kappa shape index (κ1) is 25.9. The van der Waals surface area contributed by atoms with Gasteiger partial charge in [0.05, 0.1) is 22.2 Å². The second-order valence-electron chi connectivity index (χ2n) is 11.0. The number of amides is 5. The molecule has 2 heterocycles. The number of nitrogens with zero attached hydrogens (tertiary/aromatic N) is 1. The molecule has 0 aromatic heterocycles. The van der Waals surface area contributed by atoms with Crippen LogP contribution in [-0.2, 0) is 24.0 Å². The predicted molar refractivity (Wildman–Crippen MR) is 112 cm³/mol. The van der Waals surface area contributed by atoms with E-state index in [1.54, 1.807) is 76.2 Å². The highest BCUT2D eigenvalue weighted by Crippen LogP contribution is 2.28. The van der Waals surface area contributed by atoms with E-state index in [0.717, 1.165) is 4.90 Å². The summed E-state index contributed by atoms with van der Waals surface area (Å²) in [6.45, 7) is 18.8. The lowest BCUT2D eigenvalue weighted by Crippen LogP contribution is -2.74. The standard InChI is InChI=1S/C13H22N2O3.C8H14N2O2/c1-11(2,3)8(16)15-9(17)12(4,5)14-13(6,7)10(15)18;1-7(2)5(11)9-6(12)8(3,4)10-7/h14H,1-7H3;10H,1-4H3,(H,9,11,12). The summed E-state index contributed by atoms with van der Waals surface area (Å²) in [5, 5.41) is 8.26. The molecule has 2 saturated heterocycles. The zero-order valence-corrected chi connectivity index (χ0v) is 20.0. The maximum Gasteiger partial charge on any atom is 0.255 e. The molecule has 2 aliphatic rings. The van der Waals surface area contributed by atoms with Crippen molar-refractivity contribution in [2.75, 3.05) is 0 Å². The van der Waals surface area contributed by atoms with Gasteiger partial charge in [0.2, 0.25) is 17.7 Å². The lowest BCUT2D eigenvalue weighted by Gasteiger charge is -2.45. The lowest BCUT2D eigenvalue weighted by molar-refractivity contribution is -0.168. The molecule has 0 aromatic carbocycles. The number of imide groups is 4. The summed E-state index contributed by atoms with van der Waals surface area (Å²) in [6.07, 6.45) is 0. The first-order chi connectivity index (χ1) is 13.1. The van der Waals surface area contributed by atoms with Gasteiger partial charge in [-0.05, 0) is 55.4 Å². The second-order valence-corrected chi connectivity index (χ2v) is 11.0. The highest BCUT2D eigenvalue weighted by Gasteiger charge is 2.53. The molecule has 5 amide bonds. The van der Waals surface area contributed by atoms with Gasteiger partial charge in [0.1, 0.15) is 0 Å². The van der Waals surface area contributed by atoms with Crippen LogP contribution in [0.4, 0.5) is 0 Å². The summed E-state index contributed by atoms with van der Waals surface area (Å²) in [7, 11) is 0. The van der Waals surface area contributed by atoms with Crippen LogP contribution in [0.2, 0.25) is 0 Å². The van der Waals surface area contributed by atoms with Crippen LogP contribution in [0.3, 0.4) is 0 Å². The van der Waals surface area contributed by atoms with Gasteiger partial charge in [0.25, 0.3) is 11.8 Å². The van der Waals surface area contributed by atoms with Crippen LogP contribution < -0.4 is 16.0 Å². The number of nitrogens with one attached hydrogen (secondary N) is 3. The molecule has 9 heteroatoms. The van der Waals surface area contributed by atoms with Crippen molar-refractivity contribution in [1.82, 2.24) is 20.9 Å². The molecule has 0 aromatic rings. The fourth-order valence-corrected chi connectivity index (χ4v) is 3.37. The van der Waals surface area contributed by atoms with Crippen molar-refractivity contribution in [3.05, 3.63) is 0 Å². The smallest absolute Gasteiger partial charge is 0.255 e. The maximum absolute atomic E-state index is 12.3. The predicted octanol–water partition coefficient (Wildman–Crippen LogP) is 0.864. The monoisotopic (exact) mass is 424 g/mol. The summed E-state index contributed by atoms with van der Waals surface area (Å²) in [4.78, 5) is 60.0. The fourth-order valence-electron chi connectivity index (χ4n) is 3.37. The van der Waals surface area contributed by atoms with Crippen molar-refractivity contribution in [2.24, 2.45) is 5.41 Å². The van der Waals surface area contributed by atoms with Crippen LogP contribution in [0, 0.1) is 5.41 Å². The molecule has 170 valence electrons. The van der Waals surface area contributed by atoms with Gasteiger partial charge in [-0.2, -0.15) is 0 Å². The Morgan fingerprint density at radius 2 is 0.967 bits per heavy atom. The molecule has 0 saturated carbocycles. The second kappa shape index (κ2) is 7.53. The summed E-state index contributed by atoms with van der Waals surface area (Å²) >= 11 is 0. The molecule has 0 bridgehead atoms. The number of hydrogen-bond acceptors (Lipinski definition) is 7. The zero-order chi connectivity index (χ0) is 24.1. The number of hydrogen-bond donors (Lipinski definition) is 3. The Kier molecular flexibility index (Phi) is 6.50. The van der Waals surface area contributed by atoms with Crippen molar-refractivity contribution >= 4 is 29.5 Å². The van der Waals surface area contributed by atoms with Crippen molar-refractivity contribution in [2.45, 2.75) is 98.3 Å². The first-order valence-electron chi connectivity index (χ1n) is 9.94. The van der Waals surface area contributed by atoms with Crippen LogP contribution in [0.15, 0.2) is 0 Å². The Balaban J connectivity index is 0.000000325. The van der Waals surface area contributed by atoms with Crippen molar-refractivity contribution < 1.29 is 24.0 Å². The number of carbonyl (C=O) groups excluding carboxylic acids is 5. The Labute approximate surface area is 178 Å². The Morgan fingerprint density at radius 3 is 1.23 bits per heavy atom. The van der Waals surface area contributed by atoms with Crippen LogP contribution >= 0.6 is 0 Å². The summed E-state index contributed by atoms with van der Waals surface area (Å²) in [5.74, 6) is -1.99. The fraction of sp³-hybridized carbons (Fsp3) is 0.762. The summed E-state index contributed by atoms with van der Waals surface area (Å²) in [5.41, 5.74) is -3.97. The minimum Gasteiger partial charge on any atom is -0.293 e. The van der Waals surface area contributed by atoms with E-state index >= 15 is 0 Å². The Bertz CT molecular complexity index is 727. The molecule has 2 rings (SSSR count). The molecule has 0 radical (unpaired) electrons. The van der Waals surface area contributed by atoms with Crippen LogP contribution in [0.5, 0.6) is 0 Å². The quantitative estimate of drug-likeness (QED) is 0.493. The number of carbonyl (C=O) groups is 5. The Hall–Kier alpha value is -2.13. The third-order valence-electron chi connectivity index (χ3n) is 4.93. The molecular weight excluding hydrogens is 388 g/mol. The minimum absolute atomic E-state index is 0.271. The lowest BCUT2D eigenvalue weighted by atomic mass is 9.86. The van der Waals surface area contributed by atoms with Gasteiger partial charge in [0, 0.05) is 5.41 Å². The number of rotatable bonds is 0. The largest absolute Gasteiger partial charge is 0.293 e. The van der Waals surface area contributed by atoms with Crippen molar-refractivity contribution in [3.63, 3.8) is 0 Å². The van der Waals surface area contributed by atoms with E-state index in [4.69, 9.17) is 0 Å². The first-order valence-corrected chi connectivity index (χ1v) is 9.94. The molecule has 0 aliphatic carbocycles. The van der Waals surface area contributed by atoms with Gasteiger partial charge < -0.3 is 0 Å². The maximum atomic E-state index is 12.3. The molecule has 2 aliphatic heterocycles. The van der Waals surface area contributed by atoms with Crippen LogP contribution in [0.1, 0.15) is 76.2 Å². The van der Waals surface area contributed by atoms with Gasteiger partial charge in [-0.15, -0.1) is 0 Å². The van der Waals surface area contributed by atoms with Crippen molar-refractivity contribution in [1.29, 1.82) is 0 Å². The SMILES string of the molecule is CC(C)(C)C(=O)N1C(=O)C(C)(C)NC(C)(C)C1=O.CC1(C)NC(C)(C)C(=O)NC1=O. The van der Waals surface area contributed by atoms with E-state index in [9.17, 15) is 24.0 Å². The average Bonchev–Trinajstić information content (AvgIpc) is 2.50. The third-order valence-corrected chi connectivity index (χ3v) is 4.93. The summed E-state index contributed by atoms with van der Waals surface area (Å²) in [6, 6.07) is 0. The highest BCUT2D eigenvalue weighted by atomic mass is 16.2. The third kappa shape index (κ3) is 5.13. The molecule has 3 N–H and O–H groups in total. The molecular formula is C21H36N4O5. The summed E-state index contributed by atoms with van der Waals surface area (Å²) < 4.78 is 0. The topological polar surface area (TPSA) is 125 Å². The highest BCUT2D eigenvalue weighted by molar-refractivity contribution is 6.18. The van der Waals surface area contributed by atoms with E-state index in [1.807, 2.05) is 0 Å². The van der Waals surface area contributed by atoms with E-state index in [1.165, 1.54) is 0 Å². The van der Waals surface area contributed by atoms with Crippen LogP contribution in [-0.4, -0.2) is 56.6 Å². The average molecular weight is 425 g/mol. The van der Waals surface area contributed by atoms with E-state index in [2.05, 4.69) is 16.0 Å². The molecule has 2 fully saturated rings. The molecule has 0 atom stereocenters. The van der Waals surface area contributed by atoms with Gasteiger partial charge in [-0.1, -0.05) is 20.8 Å². The van der Waals surface area contributed by atoms with E-state index in [0.29, 0.717) is 0 Å². The van der Waals surface area contributed by atoms with Gasteiger partial charge >= 0.3 is 0 Å². The van der Waals surface area contributed by atoms with Gasteiger partial charge in [0.15, 0.2) is 0 Å². The van der Waals surface area contributed by atoms with Gasteiger partial charge in [-0.3, -0.25) is 39.9 Å². The number of piperazine rings is 2. The van der Waals surface area contributed by atoms with Gasteiger partial charge in [-0.25, -0.2) is 4.90 Å². The van der Waals surface area contributed by atoms with E-state index in [-0.39, 0.29) is 11.8 Å². The zero-order valence-electron chi connectivity index (χ0n) is 20.0. The molecule has 0 spiro atoms. The minimum atomic E-state index is -0.932. The molecule has 9 nitrogen and oxygen atoms in total. The molecule has 0 unspecified atom stereocenters. The Morgan fingerprint density at radius 1 is 0.667 bits per heavy atom. The van der Waals surface area contributed by atoms with E-state index < -0.39 is 45.3 Å². The van der Waals surface area contributed by atoms with Crippen LogP contribution in [0.25, 0.3) is 0 Å². The normalized spacial score (nSPS) is 24.6.